The first-order valence-electron chi connectivity index (χ1n) is 8.18. The molecule has 1 aliphatic heterocycles. The van der Waals surface area contributed by atoms with Crippen molar-refractivity contribution in [2.45, 2.75) is 11.3 Å². The third-order valence-electron chi connectivity index (χ3n) is 4.09. The lowest BCUT2D eigenvalue weighted by molar-refractivity contribution is -0.385. The lowest BCUT2D eigenvalue weighted by Crippen LogP contribution is -2.44. The second kappa shape index (κ2) is 11.2. The van der Waals surface area contributed by atoms with Crippen molar-refractivity contribution in [1.29, 1.82) is 0 Å². The number of thioether (sulfide) groups is 1. The van der Waals surface area contributed by atoms with E-state index in [1.54, 1.807) is 0 Å². The van der Waals surface area contributed by atoms with Crippen molar-refractivity contribution in [3.05, 3.63) is 27.8 Å². The topological polar surface area (TPSA) is 96.7 Å². The largest absolute Gasteiger partial charge is 0.495 e. The van der Waals surface area contributed by atoms with Crippen molar-refractivity contribution in [3.8, 4) is 5.75 Å². The number of hydrogen-bond donors (Lipinski definition) is 2. The van der Waals surface area contributed by atoms with Gasteiger partial charge in [0.2, 0.25) is 0 Å². The first kappa shape index (κ1) is 22.5. The molecular formula is C16H25ClN4O4S. The number of amides is 1. The Bertz CT molecular complexity index is 627. The van der Waals surface area contributed by atoms with Crippen molar-refractivity contribution in [2.24, 2.45) is 0 Å². The van der Waals surface area contributed by atoms with Crippen molar-refractivity contribution >= 4 is 35.8 Å². The second-order valence-corrected chi connectivity index (χ2v) is 6.53. The van der Waals surface area contributed by atoms with Crippen LogP contribution in [0.2, 0.25) is 0 Å². The number of rotatable bonds is 8. The quantitative estimate of drug-likeness (QED) is 0.295. The summed E-state index contributed by atoms with van der Waals surface area (Å²) >= 11 is 1.38. The van der Waals surface area contributed by atoms with Crippen molar-refractivity contribution in [1.82, 2.24) is 15.5 Å². The number of nitro groups is 1. The molecule has 0 radical (unpaired) electrons. The Labute approximate surface area is 163 Å². The molecule has 0 bridgehead atoms. The van der Waals surface area contributed by atoms with Crippen LogP contribution >= 0.6 is 24.2 Å². The van der Waals surface area contributed by atoms with Crippen molar-refractivity contribution in [2.75, 3.05) is 52.6 Å². The van der Waals surface area contributed by atoms with E-state index in [0.717, 1.165) is 39.1 Å². The van der Waals surface area contributed by atoms with E-state index in [2.05, 4.69) is 15.5 Å². The van der Waals surface area contributed by atoms with Gasteiger partial charge < -0.3 is 20.3 Å². The normalized spacial score (nSPS) is 14.4. The molecule has 1 aromatic rings. The van der Waals surface area contributed by atoms with Crippen LogP contribution in [-0.4, -0.2) is 68.4 Å². The molecule has 1 saturated heterocycles. The molecule has 0 unspecified atom stereocenters. The number of carbonyl (C=O) groups excluding carboxylic acids is 1. The summed E-state index contributed by atoms with van der Waals surface area (Å²) in [6, 6.07) is 2.83. The molecule has 10 heteroatoms. The fraction of sp³-hybridized carbons (Fsp3) is 0.562. The highest BCUT2D eigenvalue weighted by Gasteiger charge is 2.23. The highest BCUT2D eigenvalue weighted by atomic mass is 35.5. The zero-order valence-electron chi connectivity index (χ0n) is 14.9. The molecule has 0 atom stereocenters. The minimum Gasteiger partial charge on any atom is -0.495 e. The number of nitro benzene ring substituents is 1. The van der Waals surface area contributed by atoms with Crippen LogP contribution in [-0.2, 0) is 0 Å². The standard InChI is InChI=1S/C16H24N4O4S.ClH/c1-24-14-11-13(20(22)23)12(10-15(14)25-2)16(21)18-4-3-7-19-8-5-17-6-9-19;/h10-11,17H,3-9H2,1-2H3,(H,18,21);1H. The van der Waals surface area contributed by atoms with E-state index < -0.39 is 10.8 Å². The second-order valence-electron chi connectivity index (χ2n) is 5.68. The molecule has 1 aliphatic rings. The van der Waals surface area contributed by atoms with Gasteiger partial charge in [-0.1, -0.05) is 0 Å². The molecule has 0 aromatic heterocycles. The minimum atomic E-state index is -0.553. The number of hydrogen-bond acceptors (Lipinski definition) is 7. The number of piperazine rings is 1. The van der Waals surface area contributed by atoms with E-state index in [4.69, 9.17) is 4.74 Å². The summed E-state index contributed by atoms with van der Waals surface area (Å²) < 4.78 is 5.16. The zero-order chi connectivity index (χ0) is 18.2. The summed E-state index contributed by atoms with van der Waals surface area (Å²) in [6.07, 6.45) is 2.64. The maximum Gasteiger partial charge on any atom is 0.285 e. The van der Waals surface area contributed by atoms with Gasteiger partial charge >= 0.3 is 0 Å². The van der Waals surface area contributed by atoms with Crippen LogP contribution in [0.15, 0.2) is 17.0 Å². The zero-order valence-corrected chi connectivity index (χ0v) is 16.6. The molecule has 0 spiro atoms. The van der Waals surface area contributed by atoms with Crippen LogP contribution in [0.1, 0.15) is 16.8 Å². The van der Waals surface area contributed by atoms with Gasteiger partial charge in [0.15, 0.2) is 0 Å². The van der Waals surface area contributed by atoms with E-state index in [-0.39, 0.29) is 23.7 Å². The Hall–Kier alpha value is -1.55. The fourth-order valence-electron chi connectivity index (χ4n) is 2.74. The number of halogens is 1. The summed E-state index contributed by atoms with van der Waals surface area (Å²) in [7, 11) is 1.45. The molecule has 8 nitrogen and oxygen atoms in total. The van der Waals surface area contributed by atoms with Crippen molar-refractivity contribution in [3.63, 3.8) is 0 Å². The summed E-state index contributed by atoms with van der Waals surface area (Å²) in [4.78, 5) is 26.2. The van der Waals surface area contributed by atoms with Crippen LogP contribution in [0.3, 0.4) is 0 Å². The predicted molar refractivity (Wildman–Crippen MR) is 105 cm³/mol. The SMILES string of the molecule is COc1cc([N+](=O)[O-])c(C(=O)NCCCN2CCNCC2)cc1SC.Cl. The van der Waals surface area contributed by atoms with Gasteiger partial charge in [0, 0.05) is 32.7 Å². The van der Waals surface area contributed by atoms with E-state index in [1.807, 2.05) is 6.26 Å². The maximum atomic E-state index is 12.4. The minimum absolute atomic E-state index is 0. The van der Waals surface area contributed by atoms with Gasteiger partial charge in [0.1, 0.15) is 11.3 Å². The van der Waals surface area contributed by atoms with Crippen LogP contribution in [0, 0.1) is 10.1 Å². The van der Waals surface area contributed by atoms with E-state index >= 15 is 0 Å². The maximum absolute atomic E-state index is 12.4. The molecule has 2 rings (SSSR count). The summed E-state index contributed by atoms with van der Waals surface area (Å²) in [5.41, 5.74) is -0.174. The van der Waals surface area contributed by atoms with Gasteiger partial charge in [-0.25, -0.2) is 0 Å². The summed E-state index contributed by atoms with van der Waals surface area (Å²) in [5.74, 6) is -0.0283. The Kier molecular flexibility index (Phi) is 9.71. The van der Waals surface area contributed by atoms with E-state index in [9.17, 15) is 14.9 Å². The number of nitrogens with zero attached hydrogens (tertiary/aromatic N) is 2. The Morgan fingerprint density at radius 3 is 2.69 bits per heavy atom. The summed E-state index contributed by atoms with van der Waals surface area (Å²) in [6.45, 7) is 5.39. The molecule has 26 heavy (non-hydrogen) atoms. The number of nitrogens with one attached hydrogen (secondary N) is 2. The molecular weight excluding hydrogens is 380 g/mol. The molecule has 146 valence electrons. The Morgan fingerprint density at radius 1 is 1.42 bits per heavy atom. The smallest absolute Gasteiger partial charge is 0.285 e. The van der Waals surface area contributed by atoms with Crippen molar-refractivity contribution < 1.29 is 14.5 Å². The number of carbonyl (C=O) groups is 1. The van der Waals surface area contributed by atoms with Crippen LogP contribution in [0.4, 0.5) is 5.69 Å². The van der Waals surface area contributed by atoms with Gasteiger partial charge in [-0.15, -0.1) is 24.2 Å². The number of ether oxygens (including phenoxy) is 1. The average molecular weight is 405 g/mol. The van der Waals surface area contributed by atoms with Crippen LogP contribution in [0.25, 0.3) is 0 Å². The van der Waals surface area contributed by atoms with Crippen LogP contribution < -0.4 is 15.4 Å². The molecule has 1 amide bonds. The Morgan fingerprint density at radius 2 is 2.12 bits per heavy atom. The first-order chi connectivity index (χ1) is 12.1. The van der Waals surface area contributed by atoms with Gasteiger partial charge in [-0.05, 0) is 25.3 Å². The van der Waals surface area contributed by atoms with Gasteiger partial charge in [-0.3, -0.25) is 14.9 Å². The highest BCUT2D eigenvalue weighted by molar-refractivity contribution is 7.98. The summed E-state index contributed by atoms with van der Waals surface area (Å²) in [5, 5.41) is 17.4. The predicted octanol–water partition coefficient (Wildman–Crippen LogP) is 1.77. The van der Waals surface area contributed by atoms with E-state index in [0.29, 0.717) is 17.2 Å². The number of methoxy groups -OCH3 is 1. The molecule has 2 N–H and O–H groups in total. The molecule has 0 saturated carbocycles. The third-order valence-corrected chi connectivity index (χ3v) is 4.85. The molecule has 1 fully saturated rings. The first-order valence-corrected chi connectivity index (χ1v) is 9.41. The van der Waals surface area contributed by atoms with Gasteiger partial charge in [0.25, 0.3) is 11.6 Å². The average Bonchev–Trinajstić information content (AvgIpc) is 2.64. The molecule has 1 heterocycles. The van der Waals surface area contributed by atoms with Crippen LogP contribution in [0.5, 0.6) is 5.75 Å². The van der Waals surface area contributed by atoms with Gasteiger partial charge in [-0.2, -0.15) is 0 Å². The lowest BCUT2D eigenvalue weighted by Gasteiger charge is -2.27. The highest BCUT2D eigenvalue weighted by Crippen LogP contribution is 2.34. The molecule has 0 aliphatic carbocycles. The molecule has 1 aromatic carbocycles. The fourth-order valence-corrected chi connectivity index (χ4v) is 3.31. The number of benzene rings is 1. The third kappa shape index (κ3) is 6.01. The van der Waals surface area contributed by atoms with E-state index in [1.165, 1.54) is 31.0 Å². The lowest BCUT2D eigenvalue weighted by atomic mass is 10.1. The van der Waals surface area contributed by atoms with Gasteiger partial charge in [0.05, 0.1) is 23.0 Å². The monoisotopic (exact) mass is 404 g/mol. The Balaban J connectivity index is 0.00000338.